The van der Waals surface area contributed by atoms with Crippen LogP contribution in [0.25, 0.3) is 65.3 Å². The summed E-state index contributed by atoms with van der Waals surface area (Å²) in [7, 11) is 0. The van der Waals surface area contributed by atoms with E-state index in [1.807, 2.05) is 12.1 Å². The predicted octanol–water partition coefficient (Wildman–Crippen LogP) is 12.8. The molecule has 0 aliphatic carbocycles. The number of fused-ring (bicyclic) bond motifs is 2. The van der Waals surface area contributed by atoms with E-state index < -0.39 is 21.7 Å². The van der Waals surface area contributed by atoms with E-state index in [0.717, 1.165) is 64.2 Å². The lowest BCUT2D eigenvalue weighted by Gasteiger charge is -2.32. The number of imide groups is 2. The fraction of sp³-hybridized carbons (Fsp3) is 0.308. The summed E-state index contributed by atoms with van der Waals surface area (Å²) in [5.74, 6) is -1.63. The summed E-state index contributed by atoms with van der Waals surface area (Å²) >= 11 is 0. The average Bonchev–Trinajstić information content (AvgIpc) is 3.30. The Morgan fingerprint density at radius 1 is 0.391 bits per heavy atom. The van der Waals surface area contributed by atoms with E-state index >= 15 is 0 Å². The van der Waals surface area contributed by atoms with Gasteiger partial charge in [-0.3, -0.25) is 49.2 Å². The van der Waals surface area contributed by atoms with E-state index in [2.05, 4.69) is 13.8 Å². The lowest BCUT2D eigenvalue weighted by molar-refractivity contribution is -0.385. The van der Waals surface area contributed by atoms with Crippen LogP contribution >= 0.6 is 0 Å². The average molecular weight is 857 g/mol. The van der Waals surface area contributed by atoms with Crippen molar-refractivity contribution in [2.45, 2.75) is 90.9 Å². The predicted molar refractivity (Wildman–Crippen MR) is 249 cm³/mol. The molecule has 4 amide bonds. The summed E-state index contributed by atoms with van der Waals surface area (Å²) in [5, 5.41) is 28.5. The molecule has 0 spiro atoms. The van der Waals surface area contributed by atoms with Gasteiger partial charge in [0.1, 0.15) is 0 Å². The molecule has 0 saturated heterocycles. The number of amides is 4. The Balaban J connectivity index is 1.33. The zero-order valence-corrected chi connectivity index (χ0v) is 36.0. The lowest BCUT2D eigenvalue weighted by atomic mass is 9.77. The summed E-state index contributed by atoms with van der Waals surface area (Å²) in [6.45, 7) is 4.82. The van der Waals surface area contributed by atoms with Gasteiger partial charge in [-0.1, -0.05) is 90.2 Å². The SMILES string of the molecule is CCCCCCCCN1C(=O)c2ccc3c4c(-c5ccc([N+](=O)[O-])cc5)cc5c6c(cc(-c7ccc([N+](=O)[O-])cc7)c(c7ccc(c2c37)C1=O)c64)C(=O)N(CCCCCCCC)C5=O. The van der Waals surface area contributed by atoms with Crippen molar-refractivity contribution in [1.29, 1.82) is 0 Å². The number of carbonyl (C=O) groups is 4. The Bertz CT molecular complexity index is 2880. The highest BCUT2D eigenvalue weighted by Gasteiger charge is 2.38. The molecule has 0 N–H and O–H groups in total. The molecular weight excluding hydrogens is 809 g/mol. The topological polar surface area (TPSA) is 161 Å². The summed E-state index contributed by atoms with van der Waals surface area (Å²) < 4.78 is 0. The molecular formula is C52H48N4O8. The first kappa shape index (κ1) is 42.2. The lowest BCUT2D eigenvalue weighted by Crippen LogP contribution is -2.41. The maximum absolute atomic E-state index is 14.8. The van der Waals surface area contributed by atoms with Crippen LogP contribution in [0.2, 0.25) is 0 Å². The highest BCUT2D eigenvalue weighted by atomic mass is 16.6. The molecule has 7 aromatic rings. The Morgan fingerprint density at radius 3 is 1.14 bits per heavy atom. The Labute approximate surface area is 369 Å². The zero-order valence-electron chi connectivity index (χ0n) is 36.0. The van der Waals surface area contributed by atoms with Gasteiger partial charge in [0.15, 0.2) is 0 Å². The number of carbonyl (C=O) groups excluding carboxylic acids is 4. The van der Waals surface area contributed by atoms with Gasteiger partial charge in [-0.05, 0) is 111 Å². The van der Waals surface area contributed by atoms with Crippen molar-refractivity contribution in [1.82, 2.24) is 9.80 Å². The number of non-ortho nitro benzene ring substituents is 2. The molecule has 0 bridgehead atoms. The van der Waals surface area contributed by atoms with Gasteiger partial charge in [-0.2, -0.15) is 0 Å². The van der Waals surface area contributed by atoms with E-state index in [0.29, 0.717) is 107 Å². The molecule has 12 heteroatoms. The third-order valence-corrected chi connectivity index (χ3v) is 13.3. The van der Waals surface area contributed by atoms with Gasteiger partial charge >= 0.3 is 0 Å². The quantitative estimate of drug-likeness (QED) is 0.0206. The molecule has 9 rings (SSSR count). The number of nitro benzene ring substituents is 2. The number of nitro groups is 2. The van der Waals surface area contributed by atoms with E-state index in [4.69, 9.17) is 0 Å². The molecule has 2 heterocycles. The molecule has 0 atom stereocenters. The van der Waals surface area contributed by atoms with Crippen molar-refractivity contribution < 1.29 is 29.0 Å². The minimum absolute atomic E-state index is 0.110. The van der Waals surface area contributed by atoms with Crippen LogP contribution in [0, 0.1) is 20.2 Å². The minimum Gasteiger partial charge on any atom is -0.274 e. The highest BCUT2D eigenvalue weighted by Crippen LogP contribution is 2.52. The van der Waals surface area contributed by atoms with Crippen LogP contribution < -0.4 is 0 Å². The Hall–Kier alpha value is -7.08. The van der Waals surface area contributed by atoms with Gasteiger partial charge in [0.25, 0.3) is 35.0 Å². The van der Waals surface area contributed by atoms with Gasteiger partial charge in [0, 0.05) is 75.8 Å². The minimum atomic E-state index is -0.476. The molecule has 0 unspecified atom stereocenters. The largest absolute Gasteiger partial charge is 0.274 e. The fourth-order valence-corrected chi connectivity index (χ4v) is 10.1. The molecule has 324 valence electrons. The molecule has 0 aromatic heterocycles. The van der Waals surface area contributed by atoms with Crippen LogP contribution in [0.1, 0.15) is 132 Å². The second kappa shape index (κ2) is 17.2. The number of rotatable bonds is 18. The molecule has 0 saturated carbocycles. The van der Waals surface area contributed by atoms with Gasteiger partial charge in [-0.25, -0.2) is 0 Å². The van der Waals surface area contributed by atoms with Crippen molar-refractivity contribution >= 4 is 78.1 Å². The maximum Gasteiger partial charge on any atom is 0.269 e. The molecule has 12 nitrogen and oxygen atoms in total. The van der Waals surface area contributed by atoms with E-state index in [-0.39, 0.29) is 29.7 Å². The molecule has 7 aromatic carbocycles. The number of hydrogen-bond donors (Lipinski definition) is 0. The van der Waals surface area contributed by atoms with Crippen LogP contribution in [0.4, 0.5) is 11.4 Å². The van der Waals surface area contributed by atoms with Crippen LogP contribution in [-0.4, -0.2) is 56.4 Å². The van der Waals surface area contributed by atoms with Gasteiger partial charge in [0.05, 0.1) is 9.85 Å². The smallest absolute Gasteiger partial charge is 0.269 e. The van der Waals surface area contributed by atoms with Crippen LogP contribution in [0.15, 0.2) is 84.9 Å². The third-order valence-electron chi connectivity index (χ3n) is 13.3. The summed E-state index contributed by atoms with van der Waals surface area (Å²) in [6, 6.07) is 23.0. The first-order valence-electron chi connectivity index (χ1n) is 22.6. The van der Waals surface area contributed by atoms with Crippen molar-refractivity contribution in [3.05, 3.63) is 127 Å². The molecule has 64 heavy (non-hydrogen) atoms. The summed E-state index contributed by atoms with van der Waals surface area (Å²) in [5.41, 5.74) is 3.51. The second-order valence-electron chi connectivity index (χ2n) is 17.2. The Kier molecular flexibility index (Phi) is 11.4. The first-order chi connectivity index (χ1) is 31.0. The number of benzene rings is 7. The van der Waals surface area contributed by atoms with Crippen molar-refractivity contribution in [3.63, 3.8) is 0 Å². The number of unbranched alkanes of at least 4 members (excludes halogenated alkanes) is 10. The first-order valence-corrected chi connectivity index (χ1v) is 22.6. The second-order valence-corrected chi connectivity index (χ2v) is 17.2. The molecule has 0 fully saturated rings. The highest BCUT2D eigenvalue weighted by molar-refractivity contribution is 6.44. The number of nitrogens with zero attached hydrogens (tertiary/aromatic N) is 4. The molecule has 2 aliphatic rings. The van der Waals surface area contributed by atoms with Gasteiger partial charge in [0.2, 0.25) is 0 Å². The molecule has 2 aliphatic heterocycles. The summed E-state index contributed by atoms with van der Waals surface area (Å²) in [4.78, 5) is 83.7. The maximum atomic E-state index is 14.8. The van der Waals surface area contributed by atoms with Gasteiger partial charge < -0.3 is 0 Å². The monoisotopic (exact) mass is 856 g/mol. The van der Waals surface area contributed by atoms with E-state index in [1.165, 1.54) is 34.1 Å². The standard InChI is InChI=1S/C52H48N4O8/c1-3-5-7-9-11-13-27-53-49(57)37-25-23-35-43-36(24-26-38(46(37)43)50(53)58)45-40(32-17-21-34(22-18-32)56(63)64)30-42-47-41(51(59)54(52(42)60)28-14-12-10-8-6-4-2)29-39(44(35)48(45)47)31-15-19-33(20-16-31)55(61)62/h15-26,29-30H,3-14,27-28H2,1-2H3. The van der Waals surface area contributed by atoms with Crippen LogP contribution in [0.3, 0.4) is 0 Å². The van der Waals surface area contributed by atoms with E-state index in [9.17, 15) is 39.4 Å². The van der Waals surface area contributed by atoms with Gasteiger partial charge in [-0.15, -0.1) is 0 Å². The molecule has 0 radical (unpaired) electrons. The Morgan fingerprint density at radius 2 is 0.750 bits per heavy atom. The number of hydrogen-bond acceptors (Lipinski definition) is 8. The zero-order chi connectivity index (χ0) is 44.8. The summed E-state index contributed by atoms with van der Waals surface area (Å²) in [6.07, 6.45) is 11.7. The van der Waals surface area contributed by atoms with Crippen LogP contribution in [0.5, 0.6) is 0 Å². The van der Waals surface area contributed by atoms with Crippen molar-refractivity contribution in [3.8, 4) is 22.3 Å². The van der Waals surface area contributed by atoms with Crippen molar-refractivity contribution in [2.75, 3.05) is 13.1 Å². The van der Waals surface area contributed by atoms with Crippen molar-refractivity contribution in [2.24, 2.45) is 0 Å². The fourth-order valence-electron chi connectivity index (χ4n) is 10.1. The van der Waals surface area contributed by atoms with E-state index in [1.54, 1.807) is 48.5 Å². The normalized spacial score (nSPS) is 13.7. The van der Waals surface area contributed by atoms with Crippen LogP contribution in [-0.2, 0) is 0 Å². The third kappa shape index (κ3) is 7.01.